The Morgan fingerprint density at radius 1 is 1.28 bits per heavy atom. The van der Waals surface area contributed by atoms with E-state index in [9.17, 15) is 9.59 Å². The van der Waals surface area contributed by atoms with Gasteiger partial charge in [-0.05, 0) is 51.8 Å². The van der Waals surface area contributed by atoms with Crippen molar-refractivity contribution in [1.29, 1.82) is 0 Å². The molecule has 1 aromatic carbocycles. The van der Waals surface area contributed by atoms with E-state index in [-0.39, 0.29) is 31.0 Å². The molecule has 29 heavy (non-hydrogen) atoms. The Morgan fingerprint density at radius 2 is 2.00 bits per heavy atom. The van der Waals surface area contributed by atoms with Crippen LogP contribution in [-0.4, -0.2) is 39.2 Å². The molecule has 6 nitrogen and oxygen atoms in total. The molecule has 1 aliphatic carbocycles. The number of benzene rings is 1. The molecule has 0 radical (unpaired) electrons. The van der Waals surface area contributed by atoms with Crippen molar-refractivity contribution in [2.45, 2.75) is 58.2 Å². The lowest BCUT2D eigenvalue weighted by Gasteiger charge is -2.31. The third-order valence-corrected chi connectivity index (χ3v) is 5.36. The van der Waals surface area contributed by atoms with E-state index in [2.05, 4.69) is 5.10 Å². The summed E-state index contributed by atoms with van der Waals surface area (Å²) >= 11 is 12.4. The van der Waals surface area contributed by atoms with Crippen molar-refractivity contribution in [3.8, 4) is 0 Å². The van der Waals surface area contributed by atoms with Crippen LogP contribution in [0.4, 0.5) is 0 Å². The number of halogens is 2. The van der Waals surface area contributed by atoms with Crippen molar-refractivity contribution in [3.05, 3.63) is 51.8 Å². The van der Waals surface area contributed by atoms with Gasteiger partial charge in [-0.25, -0.2) is 4.79 Å². The van der Waals surface area contributed by atoms with Gasteiger partial charge in [-0.15, -0.1) is 0 Å². The highest BCUT2D eigenvalue weighted by molar-refractivity contribution is 6.35. The molecule has 1 amide bonds. The summed E-state index contributed by atoms with van der Waals surface area (Å²) < 4.78 is 7.10. The SMILES string of the molecule is CCOC(=O)[C@H](c1ccc(Cl)cc1Cl)N(C(=O)Cc1ccn(C(C)C)n1)C1CC1. The highest BCUT2D eigenvalue weighted by Crippen LogP contribution is 2.38. The average Bonchev–Trinajstić information content (AvgIpc) is 3.37. The van der Waals surface area contributed by atoms with E-state index in [1.165, 1.54) is 0 Å². The maximum Gasteiger partial charge on any atom is 0.333 e. The van der Waals surface area contributed by atoms with E-state index >= 15 is 0 Å². The minimum absolute atomic E-state index is 0.0177. The van der Waals surface area contributed by atoms with Crippen molar-refractivity contribution in [2.75, 3.05) is 6.61 Å². The third-order valence-electron chi connectivity index (χ3n) is 4.80. The molecule has 0 saturated heterocycles. The highest BCUT2D eigenvalue weighted by atomic mass is 35.5. The molecule has 1 atom stereocenters. The first-order valence-electron chi connectivity index (χ1n) is 9.78. The minimum atomic E-state index is -0.910. The first-order chi connectivity index (χ1) is 13.8. The Kier molecular flexibility index (Phi) is 6.85. The molecule has 0 bridgehead atoms. The minimum Gasteiger partial charge on any atom is -0.464 e. The predicted octanol–water partition coefficient (Wildman–Crippen LogP) is 4.61. The summed E-state index contributed by atoms with van der Waals surface area (Å²) in [7, 11) is 0. The van der Waals surface area contributed by atoms with Gasteiger partial charge < -0.3 is 9.64 Å². The Balaban J connectivity index is 1.93. The maximum atomic E-state index is 13.3. The number of aromatic nitrogens is 2. The lowest BCUT2D eigenvalue weighted by Crippen LogP contribution is -2.42. The van der Waals surface area contributed by atoms with E-state index < -0.39 is 12.0 Å². The standard InChI is InChI=1S/C21H25Cl2N3O3/c1-4-29-21(28)20(17-8-5-14(22)11-18(17)23)26(16-6-7-16)19(27)12-15-9-10-25(24-15)13(2)3/h5,8-11,13,16,20H,4,6-7,12H2,1-3H3/t20-/m0/s1. The van der Waals surface area contributed by atoms with Gasteiger partial charge in [0.05, 0.1) is 18.7 Å². The maximum absolute atomic E-state index is 13.3. The molecule has 3 rings (SSSR count). The Hall–Kier alpha value is -2.05. The summed E-state index contributed by atoms with van der Waals surface area (Å²) in [5.41, 5.74) is 1.18. The fraction of sp³-hybridized carbons (Fsp3) is 0.476. The molecular weight excluding hydrogens is 413 g/mol. The van der Waals surface area contributed by atoms with Crippen LogP contribution in [0, 0.1) is 0 Å². The molecule has 1 aromatic heterocycles. The van der Waals surface area contributed by atoms with Gasteiger partial charge in [0.15, 0.2) is 6.04 Å². The zero-order chi connectivity index (χ0) is 21.1. The van der Waals surface area contributed by atoms with Gasteiger partial charge >= 0.3 is 5.97 Å². The summed E-state index contributed by atoms with van der Waals surface area (Å²) in [6.07, 6.45) is 3.64. The number of esters is 1. The Labute approximate surface area is 180 Å². The monoisotopic (exact) mass is 437 g/mol. The summed E-state index contributed by atoms with van der Waals surface area (Å²) in [4.78, 5) is 27.8. The zero-order valence-corrected chi connectivity index (χ0v) is 18.3. The van der Waals surface area contributed by atoms with Gasteiger partial charge in [0, 0.05) is 33.9 Å². The van der Waals surface area contributed by atoms with E-state index in [0.717, 1.165) is 12.8 Å². The fourth-order valence-corrected chi connectivity index (χ4v) is 3.76. The van der Waals surface area contributed by atoms with Crippen LogP contribution >= 0.6 is 23.2 Å². The number of carbonyl (C=O) groups is 2. The van der Waals surface area contributed by atoms with Gasteiger partial charge in [-0.3, -0.25) is 9.48 Å². The van der Waals surface area contributed by atoms with Crippen molar-refractivity contribution >= 4 is 35.1 Å². The van der Waals surface area contributed by atoms with Crippen LogP contribution in [0.5, 0.6) is 0 Å². The third kappa shape index (κ3) is 5.11. The number of carbonyl (C=O) groups excluding carboxylic acids is 2. The zero-order valence-electron chi connectivity index (χ0n) is 16.8. The lowest BCUT2D eigenvalue weighted by atomic mass is 10.0. The number of hydrogen-bond acceptors (Lipinski definition) is 4. The van der Waals surface area contributed by atoms with Crippen LogP contribution in [0.1, 0.15) is 57.0 Å². The number of rotatable bonds is 8. The lowest BCUT2D eigenvalue weighted by molar-refractivity contribution is -0.155. The summed E-state index contributed by atoms with van der Waals surface area (Å²) in [6, 6.07) is 6.03. The molecule has 0 unspecified atom stereocenters. The van der Waals surface area contributed by atoms with Crippen LogP contribution in [-0.2, 0) is 20.7 Å². The first kappa shape index (κ1) is 21.7. The van der Waals surface area contributed by atoms with Crippen LogP contribution in [0.25, 0.3) is 0 Å². The molecule has 1 fully saturated rings. The number of ether oxygens (including phenoxy) is 1. The van der Waals surface area contributed by atoms with Gasteiger partial charge in [-0.2, -0.15) is 5.10 Å². The molecule has 8 heteroatoms. The second-order valence-electron chi connectivity index (χ2n) is 7.41. The topological polar surface area (TPSA) is 64.4 Å². The first-order valence-corrected chi connectivity index (χ1v) is 10.5. The molecule has 0 aliphatic heterocycles. The van der Waals surface area contributed by atoms with Crippen molar-refractivity contribution < 1.29 is 14.3 Å². The molecule has 1 heterocycles. The number of nitrogens with zero attached hydrogens (tertiary/aromatic N) is 3. The van der Waals surface area contributed by atoms with Crippen molar-refractivity contribution in [1.82, 2.24) is 14.7 Å². The van der Waals surface area contributed by atoms with Crippen LogP contribution in [0.2, 0.25) is 10.0 Å². The normalized spacial score (nSPS) is 14.7. The summed E-state index contributed by atoms with van der Waals surface area (Å²) in [5, 5.41) is 5.26. The van der Waals surface area contributed by atoms with Crippen molar-refractivity contribution in [3.63, 3.8) is 0 Å². The van der Waals surface area contributed by atoms with Gasteiger partial charge in [0.1, 0.15) is 0 Å². The van der Waals surface area contributed by atoms with E-state index in [1.807, 2.05) is 30.8 Å². The molecule has 1 aliphatic rings. The van der Waals surface area contributed by atoms with Crippen LogP contribution < -0.4 is 0 Å². The summed E-state index contributed by atoms with van der Waals surface area (Å²) in [5.74, 6) is -0.671. The smallest absolute Gasteiger partial charge is 0.333 e. The van der Waals surface area contributed by atoms with Crippen LogP contribution in [0.3, 0.4) is 0 Å². The molecule has 156 valence electrons. The molecule has 1 saturated carbocycles. The second-order valence-corrected chi connectivity index (χ2v) is 8.25. The summed E-state index contributed by atoms with van der Waals surface area (Å²) in [6.45, 7) is 6.00. The van der Waals surface area contributed by atoms with Crippen LogP contribution in [0.15, 0.2) is 30.5 Å². The average molecular weight is 438 g/mol. The molecule has 2 aromatic rings. The molecular formula is C21H25Cl2N3O3. The predicted molar refractivity (Wildman–Crippen MR) is 112 cm³/mol. The van der Waals surface area contributed by atoms with Crippen molar-refractivity contribution in [2.24, 2.45) is 0 Å². The fourth-order valence-electron chi connectivity index (χ4n) is 3.25. The second kappa shape index (κ2) is 9.18. The molecule has 0 N–H and O–H groups in total. The molecule has 0 spiro atoms. The Morgan fingerprint density at radius 3 is 2.55 bits per heavy atom. The van der Waals surface area contributed by atoms with Gasteiger partial charge in [-0.1, -0.05) is 29.3 Å². The number of hydrogen-bond donors (Lipinski definition) is 0. The van der Waals surface area contributed by atoms with E-state index in [1.54, 1.807) is 30.0 Å². The largest absolute Gasteiger partial charge is 0.464 e. The Bertz CT molecular complexity index is 893. The van der Waals surface area contributed by atoms with Gasteiger partial charge in [0.25, 0.3) is 0 Å². The quantitative estimate of drug-likeness (QED) is 0.565. The van der Waals surface area contributed by atoms with Gasteiger partial charge in [0.2, 0.25) is 5.91 Å². The van der Waals surface area contributed by atoms with E-state index in [4.69, 9.17) is 27.9 Å². The number of amides is 1. The highest BCUT2D eigenvalue weighted by Gasteiger charge is 2.42. The van der Waals surface area contributed by atoms with E-state index in [0.29, 0.717) is 21.3 Å².